The summed E-state index contributed by atoms with van der Waals surface area (Å²) in [6.45, 7) is 4.20. The number of hydrogen-bond acceptors (Lipinski definition) is 4. The molecule has 1 heterocycles. The third-order valence-electron chi connectivity index (χ3n) is 4.10. The van der Waals surface area contributed by atoms with Gasteiger partial charge in [0, 0.05) is 25.3 Å². The van der Waals surface area contributed by atoms with Crippen LogP contribution < -0.4 is 5.32 Å². The fraction of sp³-hybridized carbons (Fsp3) is 0.667. The molecule has 7 heteroatoms. The number of nitrogens with zero attached hydrogens (tertiary/aromatic N) is 1. The Labute approximate surface area is 131 Å². The molecule has 1 aliphatic carbocycles. The summed E-state index contributed by atoms with van der Waals surface area (Å²) in [5.74, 6) is 2.84. The van der Waals surface area contributed by atoms with E-state index in [0.29, 0.717) is 24.1 Å². The summed E-state index contributed by atoms with van der Waals surface area (Å²) in [5.41, 5.74) is 0. The molecule has 22 heavy (non-hydrogen) atoms. The minimum absolute atomic E-state index is 0.0542. The molecule has 1 saturated carbocycles. The van der Waals surface area contributed by atoms with Gasteiger partial charge in [-0.1, -0.05) is 6.92 Å². The van der Waals surface area contributed by atoms with Crippen molar-refractivity contribution in [1.29, 1.82) is 0 Å². The van der Waals surface area contributed by atoms with Gasteiger partial charge in [-0.2, -0.15) is 0 Å². The first-order valence-corrected chi connectivity index (χ1v) is 9.50. The van der Waals surface area contributed by atoms with Gasteiger partial charge in [0.15, 0.2) is 0 Å². The Kier molecular flexibility index (Phi) is 4.84. The number of sulfone groups is 1. The lowest BCUT2D eigenvalue weighted by Crippen LogP contribution is -2.44. The lowest BCUT2D eigenvalue weighted by atomic mass is 10.3. The smallest absolute Gasteiger partial charge is 0.317 e. The Bertz CT molecular complexity index is 638. The van der Waals surface area contributed by atoms with Crippen LogP contribution in [-0.2, 0) is 16.4 Å². The van der Waals surface area contributed by atoms with Gasteiger partial charge in [0.05, 0.1) is 12.3 Å². The maximum atomic E-state index is 12.0. The Morgan fingerprint density at radius 2 is 2.14 bits per heavy atom. The van der Waals surface area contributed by atoms with Gasteiger partial charge in [-0.15, -0.1) is 0 Å². The monoisotopic (exact) mass is 328 g/mol. The topological polar surface area (TPSA) is 79.6 Å². The molecule has 6 nitrogen and oxygen atoms in total. The highest BCUT2D eigenvalue weighted by molar-refractivity contribution is 7.90. The van der Waals surface area contributed by atoms with E-state index in [2.05, 4.69) is 12.2 Å². The van der Waals surface area contributed by atoms with E-state index in [0.717, 1.165) is 12.2 Å². The number of carbonyl (C=O) groups excluding carboxylic acids is 1. The Morgan fingerprint density at radius 1 is 1.50 bits per heavy atom. The molecule has 0 aromatic carbocycles. The molecule has 2 rings (SSSR count). The summed E-state index contributed by atoms with van der Waals surface area (Å²) in [4.78, 5) is 13.4. The summed E-state index contributed by atoms with van der Waals surface area (Å²) in [7, 11) is -1.53. The van der Waals surface area contributed by atoms with Crippen LogP contribution in [0.1, 0.15) is 37.7 Å². The van der Waals surface area contributed by atoms with E-state index in [1.165, 1.54) is 11.2 Å². The van der Waals surface area contributed by atoms with Crippen LogP contribution in [0.4, 0.5) is 4.79 Å². The second-order valence-electron chi connectivity index (χ2n) is 6.33. The predicted molar refractivity (Wildman–Crippen MR) is 84.4 cm³/mol. The number of rotatable bonds is 6. The van der Waals surface area contributed by atoms with Crippen molar-refractivity contribution in [2.75, 3.05) is 19.1 Å². The highest BCUT2D eigenvalue weighted by Gasteiger charge is 2.36. The minimum atomic E-state index is -3.11. The molecule has 124 valence electrons. The Hall–Kier alpha value is -1.50. The average Bonchev–Trinajstić information content (AvgIpc) is 2.96. The molecular weight excluding hydrogens is 304 g/mol. The standard InChI is InChI=1S/C15H24N2O4S/c1-10-7-13(10)14-6-5-12(21-14)8-16-15(18)17(3)11(2)9-22(4,19)20/h5-6,10-11,13H,7-9H2,1-4H3,(H,16,18)/t10-,11-,13+/m1/s1. The third-order valence-corrected chi connectivity index (χ3v) is 5.18. The van der Waals surface area contributed by atoms with Crippen LogP contribution in [0.5, 0.6) is 0 Å². The van der Waals surface area contributed by atoms with Crippen molar-refractivity contribution >= 4 is 15.9 Å². The van der Waals surface area contributed by atoms with Crippen molar-refractivity contribution in [3.63, 3.8) is 0 Å². The van der Waals surface area contributed by atoms with Crippen LogP contribution >= 0.6 is 0 Å². The zero-order valence-corrected chi connectivity index (χ0v) is 14.3. The zero-order chi connectivity index (χ0) is 16.5. The molecule has 1 aromatic heterocycles. The number of amides is 2. The lowest BCUT2D eigenvalue weighted by molar-refractivity contribution is 0.196. The Morgan fingerprint density at radius 3 is 2.68 bits per heavy atom. The SMILES string of the molecule is C[C@@H]1C[C@@H]1c1ccc(CNC(=O)N(C)[C@H](C)CS(C)(=O)=O)o1. The van der Waals surface area contributed by atoms with E-state index in [1.807, 2.05) is 12.1 Å². The van der Waals surface area contributed by atoms with Crippen LogP contribution in [0, 0.1) is 5.92 Å². The second-order valence-corrected chi connectivity index (χ2v) is 8.52. The molecule has 0 saturated heterocycles. The van der Waals surface area contributed by atoms with Crippen molar-refractivity contribution in [2.45, 2.75) is 38.8 Å². The van der Waals surface area contributed by atoms with Crippen LogP contribution in [0.2, 0.25) is 0 Å². The van der Waals surface area contributed by atoms with Crippen LogP contribution in [-0.4, -0.2) is 44.4 Å². The van der Waals surface area contributed by atoms with Gasteiger partial charge in [-0.3, -0.25) is 0 Å². The largest absolute Gasteiger partial charge is 0.464 e. The number of carbonyl (C=O) groups is 1. The van der Waals surface area contributed by atoms with Crippen molar-refractivity contribution in [1.82, 2.24) is 10.2 Å². The van der Waals surface area contributed by atoms with Gasteiger partial charge in [-0.25, -0.2) is 13.2 Å². The van der Waals surface area contributed by atoms with E-state index < -0.39 is 9.84 Å². The molecular formula is C15H24N2O4S. The molecule has 1 aromatic rings. The summed E-state index contributed by atoms with van der Waals surface area (Å²) >= 11 is 0. The maximum Gasteiger partial charge on any atom is 0.317 e. The number of furan rings is 1. The summed E-state index contributed by atoms with van der Waals surface area (Å²) in [6.07, 6.45) is 2.32. The van der Waals surface area contributed by atoms with Gasteiger partial charge >= 0.3 is 6.03 Å². The second kappa shape index (κ2) is 6.32. The molecule has 1 N–H and O–H groups in total. The number of nitrogens with one attached hydrogen (secondary N) is 1. The minimum Gasteiger partial charge on any atom is -0.464 e. The summed E-state index contributed by atoms with van der Waals surface area (Å²) in [6, 6.07) is 3.15. The van der Waals surface area contributed by atoms with Crippen molar-refractivity contribution < 1.29 is 17.6 Å². The van der Waals surface area contributed by atoms with E-state index in [-0.39, 0.29) is 17.8 Å². The number of hydrogen-bond donors (Lipinski definition) is 1. The molecule has 3 atom stereocenters. The highest BCUT2D eigenvalue weighted by Crippen LogP contribution is 2.47. The molecule has 0 bridgehead atoms. The van der Waals surface area contributed by atoms with Crippen LogP contribution in [0.15, 0.2) is 16.5 Å². The molecule has 0 unspecified atom stereocenters. The van der Waals surface area contributed by atoms with E-state index >= 15 is 0 Å². The van der Waals surface area contributed by atoms with Gasteiger partial charge in [-0.05, 0) is 31.4 Å². The molecule has 2 amide bonds. The quantitative estimate of drug-likeness (QED) is 0.866. The van der Waals surface area contributed by atoms with Crippen molar-refractivity contribution in [2.24, 2.45) is 5.92 Å². The molecule has 1 aliphatic rings. The highest BCUT2D eigenvalue weighted by atomic mass is 32.2. The average molecular weight is 328 g/mol. The van der Waals surface area contributed by atoms with Crippen molar-refractivity contribution in [3.8, 4) is 0 Å². The van der Waals surface area contributed by atoms with Gasteiger partial charge in [0.25, 0.3) is 0 Å². The van der Waals surface area contributed by atoms with Crippen LogP contribution in [0.25, 0.3) is 0 Å². The molecule has 0 spiro atoms. The first kappa shape index (κ1) is 16.9. The summed E-state index contributed by atoms with van der Waals surface area (Å²) in [5, 5.41) is 2.75. The fourth-order valence-electron chi connectivity index (χ4n) is 2.44. The predicted octanol–water partition coefficient (Wildman–Crippen LogP) is 1.98. The number of urea groups is 1. The molecule has 0 radical (unpaired) electrons. The molecule has 1 fully saturated rings. The fourth-order valence-corrected chi connectivity index (χ4v) is 3.54. The van der Waals surface area contributed by atoms with E-state index in [9.17, 15) is 13.2 Å². The lowest BCUT2D eigenvalue weighted by Gasteiger charge is -2.24. The maximum absolute atomic E-state index is 12.0. The first-order valence-electron chi connectivity index (χ1n) is 7.44. The van der Waals surface area contributed by atoms with Crippen molar-refractivity contribution in [3.05, 3.63) is 23.7 Å². The first-order chi connectivity index (χ1) is 10.2. The Balaban J connectivity index is 1.82. The van der Waals surface area contributed by atoms with Gasteiger partial charge in [0.1, 0.15) is 21.4 Å². The van der Waals surface area contributed by atoms with E-state index in [1.54, 1.807) is 14.0 Å². The third kappa shape index (κ3) is 4.50. The summed E-state index contributed by atoms with van der Waals surface area (Å²) < 4.78 is 28.3. The normalized spacial score (nSPS) is 22.2. The van der Waals surface area contributed by atoms with Crippen LogP contribution in [0.3, 0.4) is 0 Å². The molecule has 0 aliphatic heterocycles. The zero-order valence-electron chi connectivity index (χ0n) is 13.5. The van der Waals surface area contributed by atoms with E-state index in [4.69, 9.17) is 4.42 Å². The van der Waals surface area contributed by atoms with Gasteiger partial charge in [0.2, 0.25) is 0 Å². The van der Waals surface area contributed by atoms with Gasteiger partial charge < -0.3 is 14.6 Å².